The van der Waals surface area contributed by atoms with Crippen molar-refractivity contribution in [2.24, 2.45) is 0 Å². The summed E-state index contributed by atoms with van der Waals surface area (Å²) in [5.41, 5.74) is 0.445. The predicted octanol–water partition coefficient (Wildman–Crippen LogP) is 4.05. The van der Waals surface area contributed by atoms with Crippen molar-refractivity contribution in [1.29, 1.82) is 0 Å². The third-order valence-electron chi connectivity index (χ3n) is 3.42. The van der Waals surface area contributed by atoms with Gasteiger partial charge in [-0.1, -0.05) is 12.1 Å². The summed E-state index contributed by atoms with van der Waals surface area (Å²) in [6.45, 7) is 1.50. The van der Waals surface area contributed by atoms with Crippen molar-refractivity contribution in [3.8, 4) is 5.75 Å². The molecule has 1 aliphatic rings. The van der Waals surface area contributed by atoms with Gasteiger partial charge in [-0.25, -0.2) is 8.78 Å². The zero-order valence-corrected chi connectivity index (χ0v) is 11.5. The molecule has 2 aromatic carbocycles. The van der Waals surface area contributed by atoms with E-state index in [0.717, 1.165) is 18.9 Å². The quantitative estimate of drug-likeness (QED) is 0.793. The maximum Gasteiger partial charge on any atom is 0.196 e. The third kappa shape index (κ3) is 2.94. The number of hydrogen-bond donors (Lipinski definition) is 0. The summed E-state index contributed by atoms with van der Waals surface area (Å²) in [6.07, 6.45) is 2.26. The molecule has 2 aromatic rings. The van der Waals surface area contributed by atoms with Gasteiger partial charge in [0.25, 0.3) is 0 Å². The molecule has 1 aliphatic carbocycles. The highest BCUT2D eigenvalue weighted by atomic mass is 19.1. The van der Waals surface area contributed by atoms with Gasteiger partial charge in [0.2, 0.25) is 0 Å². The van der Waals surface area contributed by atoms with Crippen LogP contribution in [0.2, 0.25) is 0 Å². The molecule has 0 aliphatic heterocycles. The number of ketones is 1. The maximum atomic E-state index is 13.8. The summed E-state index contributed by atoms with van der Waals surface area (Å²) in [7, 11) is 0. The van der Waals surface area contributed by atoms with Crippen molar-refractivity contribution in [3.05, 3.63) is 64.7 Å². The summed E-state index contributed by atoms with van der Waals surface area (Å²) in [4.78, 5) is 12.4. The minimum Gasteiger partial charge on any atom is -0.490 e. The molecule has 108 valence electrons. The average Bonchev–Trinajstić information content (AvgIpc) is 3.26. The van der Waals surface area contributed by atoms with E-state index in [4.69, 9.17) is 4.74 Å². The Bertz CT molecular complexity index is 706. The largest absolute Gasteiger partial charge is 0.490 e. The lowest BCUT2D eigenvalue weighted by Gasteiger charge is -2.08. The monoisotopic (exact) mass is 288 g/mol. The molecule has 0 amide bonds. The average molecular weight is 288 g/mol. The van der Waals surface area contributed by atoms with Crippen molar-refractivity contribution in [1.82, 2.24) is 0 Å². The van der Waals surface area contributed by atoms with E-state index in [1.54, 1.807) is 24.3 Å². The van der Waals surface area contributed by atoms with Crippen LogP contribution in [0.3, 0.4) is 0 Å². The number of halogens is 2. The highest BCUT2D eigenvalue weighted by Gasteiger charge is 2.24. The van der Waals surface area contributed by atoms with Crippen molar-refractivity contribution in [2.75, 3.05) is 0 Å². The molecule has 0 aromatic heterocycles. The summed E-state index contributed by atoms with van der Waals surface area (Å²) in [5.74, 6) is -1.38. The first kappa shape index (κ1) is 13.7. The Morgan fingerprint density at radius 1 is 1.14 bits per heavy atom. The normalized spacial score (nSPS) is 14.0. The molecule has 1 fully saturated rings. The molecule has 0 saturated heterocycles. The van der Waals surface area contributed by atoms with E-state index in [1.807, 2.05) is 0 Å². The molecule has 0 unspecified atom stereocenters. The number of carbonyl (C=O) groups is 1. The first-order chi connectivity index (χ1) is 10.0. The van der Waals surface area contributed by atoms with Crippen LogP contribution in [-0.2, 0) is 0 Å². The fraction of sp³-hybridized carbons (Fsp3) is 0.235. The van der Waals surface area contributed by atoms with Gasteiger partial charge in [-0.05, 0) is 43.5 Å². The molecule has 0 heterocycles. The van der Waals surface area contributed by atoms with Gasteiger partial charge < -0.3 is 4.74 Å². The lowest BCUT2D eigenvalue weighted by Crippen LogP contribution is -2.06. The fourth-order valence-electron chi connectivity index (χ4n) is 2.08. The van der Waals surface area contributed by atoms with E-state index in [2.05, 4.69) is 0 Å². The van der Waals surface area contributed by atoms with Crippen LogP contribution in [0.15, 0.2) is 36.4 Å². The second kappa shape index (κ2) is 5.28. The molecule has 4 heteroatoms. The smallest absolute Gasteiger partial charge is 0.196 e. The summed E-state index contributed by atoms with van der Waals surface area (Å²) >= 11 is 0. The molecule has 0 N–H and O–H groups in total. The summed E-state index contributed by atoms with van der Waals surface area (Å²) in [6, 6.07) is 8.63. The fourth-order valence-corrected chi connectivity index (χ4v) is 2.08. The van der Waals surface area contributed by atoms with Crippen LogP contribution in [0.5, 0.6) is 5.75 Å². The Morgan fingerprint density at radius 2 is 1.90 bits per heavy atom. The molecule has 1 saturated carbocycles. The van der Waals surface area contributed by atoms with Crippen molar-refractivity contribution in [3.63, 3.8) is 0 Å². The van der Waals surface area contributed by atoms with Crippen molar-refractivity contribution < 1.29 is 18.3 Å². The molecule has 0 spiro atoms. The van der Waals surface area contributed by atoms with Gasteiger partial charge in [0.15, 0.2) is 5.78 Å². The number of hydrogen-bond acceptors (Lipinski definition) is 2. The van der Waals surface area contributed by atoms with Crippen molar-refractivity contribution in [2.45, 2.75) is 25.9 Å². The minimum atomic E-state index is -0.850. The molecule has 0 bridgehead atoms. The second-order valence-electron chi connectivity index (χ2n) is 5.26. The van der Waals surface area contributed by atoms with E-state index >= 15 is 0 Å². The van der Waals surface area contributed by atoms with Crippen LogP contribution in [0.4, 0.5) is 8.78 Å². The lowest BCUT2D eigenvalue weighted by atomic mass is 10.0. The first-order valence-electron chi connectivity index (χ1n) is 6.81. The molecule has 2 nitrogen and oxygen atoms in total. The molecule has 0 radical (unpaired) electrons. The van der Waals surface area contributed by atoms with E-state index < -0.39 is 17.4 Å². The SMILES string of the molecule is Cc1cc(C(=O)c2cccc(OC3CC3)c2)c(F)cc1F. The Morgan fingerprint density at radius 3 is 2.62 bits per heavy atom. The van der Waals surface area contributed by atoms with Crippen LogP contribution < -0.4 is 4.74 Å². The van der Waals surface area contributed by atoms with Gasteiger partial charge in [0, 0.05) is 11.6 Å². The highest BCUT2D eigenvalue weighted by Crippen LogP contribution is 2.28. The number of carbonyl (C=O) groups excluding carboxylic acids is 1. The Kier molecular flexibility index (Phi) is 3.45. The number of ether oxygens (including phenoxy) is 1. The van der Waals surface area contributed by atoms with Gasteiger partial charge in [-0.15, -0.1) is 0 Å². The second-order valence-corrected chi connectivity index (χ2v) is 5.26. The molecular weight excluding hydrogens is 274 g/mol. The molecule has 0 atom stereocenters. The molecular formula is C17H14F2O2. The van der Waals surface area contributed by atoms with Gasteiger partial charge in [0.1, 0.15) is 17.4 Å². The van der Waals surface area contributed by atoms with Crippen LogP contribution in [0.1, 0.15) is 34.3 Å². The van der Waals surface area contributed by atoms with Crippen LogP contribution >= 0.6 is 0 Å². The standard InChI is InChI=1S/C17H14F2O2/c1-10-7-14(16(19)9-15(10)18)17(20)11-3-2-4-13(8-11)21-12-5-6-12/h2-4,7-9,12H,5-6H2,1H3. The third-order valence-corrected chi connectivity index (χ3v) is 3.42. The predicted molar refractivity (Wildman–Crippen MR) is 74.6 cm³/mol. The van der Waals surface area contributed by atoms with Gasteiger partial charge in [0.05, 0.1) is 11.7 Å². The van der Waals surface area contributed by atoms with Gasteiger partial charge in [-0.2, -0.15) is 0 Å². The maximum absolute atomic E-state index is 13.8. The topological polar surface area (TPSA) is 26.3 Å². The number of rotatable bonds is 4. The molecule has 21 heavy (non-hydrogen) atoms. The van der Waals surface area contributed by atoms with Gasteiger partial charge in [-0.3, -0.25) is 4.79 Å². The van der Waals surface area contributed by atoms with Crippen LogP contribution in [0.25, 0.3) is 0 Å². The zero-order valence-electron chi connectivity index (χ0n) is 11.5. The number of aryl methyl sites for hydroxylation is 1. The zero-order chi connectivity index (χ0) is 15.0. The Labute approximate surface area is 121 Å². The molecule has 3 rings (SSSR count). The van der Waals surface area contributed by atoms with E-state index in [9.17, 15) is 13.6 Å². The summed E-state index contributed by atoms with van der Waals surface area (Å²) in [5, 5.41) is 0. The van der Waals surface area contributed by atoms with E-state index in [0.29, 0.717) is 11.3 Å². The Hall–Kier alpha value is -2.23. The van der Waals surface area contributed by atoms with Crippen LogP contribution in [-0.4, -0.2) is 11.9 Å². The van der Waals surface area contributed by atoms with E-state index in [1.165, 1.54) is 13.0 Å². The highest BCUT2D eigenvalue weighted by molar-refractivity contribution is 6.09. The van der Waals surface area contributed by atoms with Crippen LogP contribution in [0, 0.1) is 18.6 Å². The Balaban J connectivity index is 1.92. The number of benzene rings is 2. The lowest BCUT2D eigenvalue weighted by molar-refractivity contribution is 0.103. The summed E-state index contributed by atoms with van der Waals surface area (Å²) < 4.78 is 32.7. The van der Waals surface area contributed by atoms with Crippen molar-refractivity contribution >= 4 is 5.78 Å². The minimum absolute atomic E-state index is 0.127. The first-order valence-corrected chi connectivity index (χ1v) is 6.81. The van der Waals surface area contributed by atoms with Gasteiger partial charge >= 0.3 is 0 Å². The van der Waals surface area contributed by atoms with E-state index in [-0.39, 0.29) is 17.2 Å².